The highest BCUT2D eigenvalue weighted by Crippen LogP contribution is 2.24. The molecule has 0 fully saturated rings. The van der Waals surface area contributed by atoms with E-state index in [0.717, 1.165) is 15.5 Å². The predicted octanol–water partition coefficient (Wildman–Crippen LogP) is 3.74. The Balaban J connectivity index is 1.83. The molecule has 2 aromatic rings. The number of hydrogen-bond donors (Lipinski definition) is 1. The van der Waals surface area contributed by atoms with Gasteiger partial charge in [0, 0.05) is 16.8 Å². The van der Waals surface area contributed by atoms with Crippen LogP contribution in [0.4, 0.5) is 10.1 Å². The standard InChI is InChI=1S/C18H19FN2O2S2/c1-21(18(23)12-25-14-9-7-13(19)8-10-14)11-17(22)20-15-5-3-4-6-16(15)24-2/h3-10H,11-12H2,1-2H3,(H,20,22). The molecule has 0 spiro atoms. The van der Waals surface area contributed by atoms with Crippen LogP contribution in [-0.4, -0.2) is 42.3 Å². The van der Waals surface area contributed by atoms with E-state index in [1.165, 1.54) is 28.8 Å². The van der Waals surface area contributed by atoms with Gasteiger partial charge in [-0.05, 0) is 42.7 Å². The molecule has 0 saturated heterocycles. The van der Waals surface area contributed by atoms with Gasteiger partial charge in [0.2, 0.25) is 11.8 Å². The summed E-state index contributed by atoms with van der Waals surface area (Å²) in [7, 11) is 1.59. The van der Waals surface area contributed by atoms with Crippen LogP contribution < -0.4 is 5.32 Å². The Morgan fingerprint density at radius 3 is 2.48 bits per heavy atom. The third kappa shape index (κ3) is 6.10. The number of nitrogens with zero attached hydrogens (tertiary/aromatic N) is 1. The van der Waals surface area contributed by atoms with Gasteiger partial charge in [-0.15, -0.1) is 23.5 Å². The molecule has 0 unspecified atom stereocenters. The lowest BCUT2D eigenvalue weighted by atomic mass is 10.3. The molecule has 7 heteroatoms. The van der Waals surface area contributed by atoms with Crippen molar-refractivity contribution in [1.29, 1.82) is 0 Å². The number of carbonyl (C=O) groups excluding carboxylic acids is 2. The quantitative estimate of drug-likeness (QED) is 0.746. The highest BCUT2D eigenvalue weighted by Gasteiger charge is 2.14. The molecule has 0 aliphatic carbocycles. The molecule has 0 aliphatic heterocycles. The number of thioether (sulfide) groups is 2. The Morgan fingerprint density at radius 2 is 1.80 bits per heavy atom. The Hall–Kier alpha value is -1.99. The number of hydrogen-bond acceptors (Lipinski definition) is 4. The highest BCUT2D eigenvalue weighted by molar-refractivity contribution is 8.00. The Kier molecular flexibility index (Phi) is 7.33. The number of rotatable bonds is 7. The van der Waals surface area contributed by atoms with Crippen molar-refractivity contribution in [2.45, 2.75) is 9.79 Å². The maximum absolute atomic E-state index is 12.9. The first-order chi connectivity index (χ1) is 12.0. The van der Waals surface area contributed by atoms with E-state index in [4.69, 9.17) is 0 Å². The molecule has 0 atom stereocenters. The maximum Gasteiger partial charge on any atom is 0.244 e. The van der Waals surface area contributed by atoms with Crippen LogP contribution in [0.15, 0.2) is 58.3 Å². The van der Waals surface area contributed by atoms with Gasteiger partial charge in [-0.1, -0.05) is 12.1 Å². The molecule has 2 rings (SSSR count). The highest BCUT2D eigenvalue weighted by atomic mass is 32.2. The summed E-state index contributed by atoms with van der Waals surface area (Å²) in [6.07, 6.45) is 1.94. The van der Waals surface area contributed by atoms with Gasteiger partial charge in [0.15, 0.2) is 0 Å². The molecule has 4 nitrogen and oxygen atoms in total. The van der Waals surface area contributed by atoms with Crippen LogP contribution in [0.25, 0.3) is 0 Å². The number of amides is 2. The molecule has 0 saturated carbocycles. The van der Waals surface area contributed by atoms with Crippen LogP contribution in [0.3, 0.4) is 0 Å². The summed E-state index contributed by atoms with van der Waals surface area (Å²) in [5, 5.41) is 2.83. The fourth-order valence-electron chi connectivity index (χ4n) is 2.03. The first-order valence-electron chi connectivity index (χ1n) is 7.55. The smallest absolute Gasteiger partial charge is 0.244 e. The predicted molar refractivity (Wildman–Crippen MR) is 102 cm³/mol. The minimum Gasteiger partial charge on any atom is -0.336 e. The average molecular weight is 378 g/mol. The number of para-hydroxylation sites is 1. The topological polar surface area (TPSA) is 49.4 Å². The van der Waals surface area contributed by atoms with Crippen molar-refractivity contribution in [3.8, 4) is 0 Å². The number of nitrogens with one attached hydrogen (secondary N) is 1. The molecule has 132 valence electrons. The monoisotopic (exact) mass is 378 g/mol. The van der Waals surface area contributed by atoms with Gasteiger partial charge in [-0.2, -0.15) is 0 Å². The van der Waals surface area contributed by atoms with Gasteiger partial charge in [0.25, 0.3) is 0 Å². The average Bonchev–Trinajstić information content (AvgIpc) is 2.61. The molecule has 1 N–H and O–H groups in total. The van der Waals surface area contributed by atoms with Crippen LogP contribution in [-0.2, 0) is 9.59 Å². The van der Waals surface area contributed by atoms with Gasteiger partial charge < -0.3 is 10.2 Å². The van der Waals surface area contributed by atoms with Gasteiger partial charge in [0.05, 0.1) is 18.0 Å². The number of halogens is 1. The number of carbonyl (C=O) groups is 2. The van der Waals surface area contributed by atoms with Crippen LogP contribution in [0.2, 0.25) is 0 Å². The minimum atomic E-state index is -0.310. The van der Waals surface area contributed by atoms with E-state index in [1.807, 2.05) is 30.5 Å². The summed E-state index contributed by atoms with van der Waals surface area (Å²) in [5.74, 6) is -0.529. The van der Waals surface area contributed by atoms with E-state index in [9.17, 15) is 14.0 Å². The Morgan fingerprint density at radius 1 is 1.12 bits per heavy atom. The molecule has 0 aromatic heterocycles. The lowest BCUT2D eigenvalue weighted by molar-refractivity contribution is -0.131. The molecule has 0 radical (unpaired) electrons. The van der Waals surface area contributed by atoms with E-state index in [2.05, 4.69) is 5.32 Å². The van der Waals surface area contributed by atoms with Crippen molar-refractivity contribution in [3.05, 3.63) is 54.3 Å². The molecular weight excluding hydrogens is 359 g/mol. The molecular formula is C18H19FN2O2S2. The van der Waals surface area contributed by atoms with Gasteiger partial charge in [-0.25, -0.2) is 4.39 Å². The van der Waals surface area contributed by atoms with Crippen LogP contribution in [0.5, 0.6) is 0 Å². The fraction of sp³-hybridized carbons (Fsp3) is 0.222. The lowest BCUT2D eigenvalue weighted by Crippen LogP contribution is -2.36. The number of benzene rings is 2. The molecule has 0 aliphatic rings. The van der Waals surface area contributed by atoms with Crippen LogP contribution >= 0.6 is 23.5 Å². The van der Waals surface area contributed by atoms with Crippen molar-refractivity contribution in [1.82, 2.24) is 4.90 Å². The first-order valence-corrected chi connectivity index (χ1v) is 9.76. The van der Waals surface area contributed by atoms with E-state index >= 15 is 0 Å². The fourth-order valence-corrected chi connectivity index (χ4v) is 3.42. The summed E-state index contributed by atoms with van der Waals surface area (Å²) in [6, 6.07) is 13.5. The van der Waals surface area contributed by atoms with Crippen molar-refractivity contribution in [2.24, 2.45) is 0 Å². The Labute approximate surface area is 155 Å². The number of likely N-dealkylation sites (N-methyl/N-ethyl adjacent to an activating group) is 1. The second-order valence-corrected chi connectivity index (χ2v) is 7.14. The second-order valence-electron chi connectivity index (χ2n) is 5.24. The zero-order chi connectivity index (χ0) is 18.2. The third-order valence-corrected chi connectivity index (χ3v) is 5.16. The first kappa shape index (κ1) is 19.3. The summed E-state index contributed by atoms with van der Waals surface area (Å²) in [4.78, 5) is 27.4. The van der Waals surface area contributed by atoms with Gasteiger partial charge in [0.1, 0.15) is 5.82 Å². The molecule has 0 bridgehead atoms. The summed E-state index contributed by atoms with van der Waals surface area (Å²) < 4.78 is 12.9. The summed E-state index contributed by atoms with van der Waals surface area (Å²) >= 11 is 2.85. The zero-order valence-corrected chi connectivity index (χ0v) is 15.6. The normalized spacial score (nSPS) is 10.4. The lowest BCUT2D eigenvalue weighted by Gasteiger charge is -2.17. The van der Waals surface area contributed by atoms with Crippen molar-refractivity contribution >= 4 is 41.0 Å². The van der Waals surface area contributed by atoms with E-state index < -0.39 is 0 Å². The van der Waals surface area contributed by atoms with E-state index in [0.29, 0.717) is 0 Å². The van der Waals surface area contributed by atoms with E-state index in [-0.39, 0.29) is 29.9 Å². The minimum absolute atomic E-state index is 0.0223. The van der Waals surface area contributed by atoms with Crippen molar-refractivity contribution in [3.63, 3.8) is 0 Å². The largest absolute Gasteiger partial charge is 0.336 e. The summed E-state index contributed by atoms with van der Waals surface area (Å²) in [5.41, 5.74) is 0.738. The van der Waals surface area contributed by atoms with Crippen LogP contribution in [0.1, 0.15) is 0 Å². The van der Waals surface area contributed by atoms with Gasteiger partial charge in [-0.3, -0.25) is 9.59 Å². The van der Waals surface area contributed by atoms with Crippen molar-refractivity contribution in [2.75, 3.05) is 30.9 Å². The van der Waals surface area contributed by atoms with Crippen molar-refractivity contribution < 1.29 is 14.0 Å². The maximum atomic E-state index is 12.9. The molecule has 25 heavy (non-hydrogen) atoms. The molecule has 2 aromatic carbocycles. The Bertz CT molecular complexity index is 738. The third-order valence-electron chi connectivity index (χ3n) is 3.36. The van der Waals surface area contributed by atoms with Crippen LogP contribution in [0, 0.1) is 5.82 Å². The SMILES string of the molecule is CSc1ccccc1NC(=O)CN(C)C(=O)CSc1ccc(F)cc1. The van der Waals surface area contributed by atoms with E-state index in [1.54, 1.807) is 30.9 Å². The molecule has 2 amide bonds. The van der Waals surface area contributed by atoms with Gasteiger partial charge >= 0.3 is 0 Å². The molecule has 0 heterocycles. The zero-order valence-electron chi connectivity index (χ0n) is 14.0. The summed E-state index contributed by atoms with van der Waals surface area (Å²) in [6.45, 7) is -0.0223. The number of anilines is 1. The second kappa shape index (κ2) is 9.48.